The fourth-order valence-corrected chi connectivity index (χ4v) is 2.46. The molecule has 5 heteroatoms. The third-order valence-corrected chi connectivity index (χ3v) is 3.70. The molecule has 4 N–H and O–H groups in total. The Morgan fingerprint density at radius 3 is 2.74 bits per heavy atom. The Hall–Kier alpha value is -1.75. The number of nitrogens with two attached hydrogens (primary N) is 1. The van der Waals surface area contributed by atoms with Crippen LogP contribution in [-0.4, -0.2) is 35.3 Å². The second kappa shape index (κ2) is 5.93. The predicted molar refractivity (Wildman–Crippen MR) is 75.8 cm³/mol. The van der Waals surface area contributed by atoms with Crippen LogP contribution in [0.2, 0.25) is 0 Å². The van der Waals surface area contributed by atoms with Gasteiger partial charge in [-0.2, -0.15) is 0 Å². The normalized spacial score (nSPS) is 16.2. The summed E-state index contributed by atoms with van der Waals surface area (Å²) in [5.74, 6) is 0.109. The molecular weight excluding hydrogens is 242 g/mol. The van der Waals surface area contributed by atoms with Crippen molar-refractivity contribution in [3.63, 3.8) is 0 Å². The maximum Gasteiger partial charge on any atom is 0.172 e. The summed E-state index contributed by atoms with van der Waals surface area (Å²) in [6, 6.07) is 6.28. The topological polar surface area (TPSA) is 82.1 Å². The van der Waals surface area contributed by atoms with Crippen molar-refractivity contribution in [3.05, 3.63) is 29.3 Å². The van der Waals surface area contributed by atoms with Crippen molar-refractivity contribution in [1.29, 1.82) is 0 Å². The van der Waals surface area contributed by atoms with Crippen LogP contribution in [0.15, 0.2) is 23.4 Å². The summed E-state index contributed by atoms with van der Waals surface area (Å²) in [4.78, 5) is 2.17. The molecule has 1 aromatic rings. The van der Waals surface area contributed by atoms with Gasteiger partial charge in [-0.3, -0.25) is 0 Å². The molecule has 0 heterocycles. The zero-order chi connectivity index (χ0) is 13.8. The van der Waals surface area contributed by atoms with Crippen LogP contribution in [0.3, 0.4) is 0 Å². The van der Waals surface area contributed by atoms with Crippen LogP contribution < -0.4 is 10.6 Å². The second-order valence-electron chi connectivity index (χ2n) is 5.01. The summed E-state index contributed by atoms with van der Waals surface area (Å²) < 4.78 is 0. The molecule has 1 saturated carbocycles. The number of oxime groups is 1. The fraction of sp³-hybridized carbons (Fsp3) is 0.500. The van der Waals surface area contributed by atoms with E-state index >= 15 is 0 Å². The van der Waals surface area contributed by atoms with Gasteiger partial charge in [0.2, 0.25) is 0 Å². The molecule has 0 radical (unpaired) electrons. The first-order valence-corrected chi connectivity index (χ1v) is 6.63. The highest BCUT2D eigenvalue weighted by atomic mass is 16.4. The van der Waals surface area contributed by atoms with Crippen molar-refractivity contribution in [2.24, 2.45) is 10.9 Å². The van der Waals surface area contributed by atoms with Crippen LogP contribution in [0.4, 0.5) is 5.69 Å². The summed E-state index contributed by atoms with van der Waals surface area (Å²) >= 11 is 0. The van der Waals surface area contributed by atoms with E-state index in [1.807, 2.05) is 25.1 Å². The zero-order valence-electron chi connectivity index (χ0n) is 11.2. The van der Waals surface area contributed by atoms with Crippen molar-refractivity contribution >= 4 is 11.5 Å². The van der Waals surface area contributed by atoms with E-state index in [0.717, 1.165) is 24.1 Å². The number of anilines is 1. The van der Waals surface area contributed by atoms with Crippen LogP contribution in [0.5, 0.6) is 0 Å². The average molecular weight is 263 g/mol. The molecule has 1 aliphatic rings. The van der Waals surface area contributed by atoms with E-state index in [9.17, 15) is 5.11 Å². The number of benzene rings is 1. The van der Waals surface area contributed by atoms with Gasteiger partial charge in [-0.15, -0.1) is 0 Å². The molecule has 5 nitrogen and oxygen atoms in total. The van der Waals surface area contributed by atoms with Crippen molar-refractivity contribution in [2.75, 3.05) is 18.1 Å². The van der Waals surface area contributed by atoms with Crippen LogP contribution in [-0.2, 0) is 0 Å². The van der Waals surface area contributed by atoms with Crippen molar-refractivity contribution in [2.45, 2.75) is 32.2 Å². The lowest BCUT2D eigenvalue weighted by Gasteiger charge is -2.40. The summed E-state index contributed by atoms with van der Waals surface area (Å²) in [5, 5.41) is 21.3. The van der Waals surface area contributed by atoms with Crippen molar-refractivity contribution in [1.82, 2.24) is 0 Å². The lowest BCUT2D eigenvalue weighted by molar-refractivity contribution is 0.283. The minimum Gasteiger partial charge on any atom is -0.409 e. The molecule has 1 aromatic carbocycles. The first-order chi connectivity index (χ1) is 9.17. The summed E-state index contributed by atoms with van der Waals surface area (Å²) in [5.41, 5.74) is 8.52. The Morgan fingerprint density at radius 2 is 2.21 bits per heavy atom. The molecule has 2 rings (SSSR count). The monoisotopic (exact) mass is 263 g/mol. The number of aliphatic hydroxyl groups is 1. The first-order valence-electron chi connectivity index (χ1n) is 6.63. The predicted octanol–water partition coefficient (Wildman–Crippen LogP) is 1.44. The standard InChI is InChI=1S/C14H21N3O2/c1-10-5-6-12(14(15)16-19)13(9-10)17(7-8-18)11-3-2-4-11/h5-6,9,11,18-19H,2-4,7-8H2,1H3,(H2,15,16). The van der Waals surface area contributed by atoms with E-state index in [0.29, 0.717) is 18.2 Å². The van der Waals surface area contributed by atoms with Crippen LogP contribution in [0, 0.1) is 6.92 Å². The summed E-state index contributed by atoms with van der Waals surface area (Å²) in [6.45, 7) is 2.68. The van der Waals surface area contributed by atoms with Gasteiger partial charge in [0.25, 0.3) is 0 Å². The molecular formula is C14H21N3O2. The largest absolute Gasteiger partial charge is 0.409 e. The third kappa shape index (κ3) is 2.81. The minimum absolute atomic E-state index is 0.0973. The van der Waals surface area contributed by atoms with E-state index in [1.165, 1.54) is 6.42 Å². The highest BCUT2D eigenvalue weighted by Crippen LogP contribution is 2.32. The molecule has 0 saturated heterocycles. The Morgan fingerprint density at radius 1 is 1.47 bits per heavy atom. The second-order valence-corrected chi connectivity index (χ2v) is 5.01. The van der Waals surface area contributed by atoms with Gasteiger partial charge in [0.05, 0.1) is 6.61 Å². The Balaban J connectivity index is 2.41. The summed E-state index contributed by atoms with van der Waals surface area (Å²) in [6.07, 6.45) is 3.48. The average Bonchev–Trinajstić information content (AvgIpc) is 2.35. The highest BCUT2D eigenvalue weighted by molar-refractivity contribution is 6.02. The molecule has 0 atom stereocenters. The van der Waals surface area contributed by atoms with Crippen LogP contribution in [0.1, 0.15) is 30.4 Å². The first kappa shape index (κ1) is 13.7. The minimum atomic E-state index is 0.0973. The van der Waals surface area contributed by atoms with Gasteiger partial charge in [-0.25, -0.2) is 0 Å². The molecule has 0 bridgehead atoms. The van der Waals surface area contributed by atoms with E-state index < -0.39 is 0 Å². The molecule has 1 fully saturated rings. The lowest BCUT2D eigenvalue weighted by Crippen LogP contribution is -2.43. The number of hydrogen-bond donors (Lipinski definition) is 3. The number of hydrogen-bond acceptors (Lipinski definition) is 4. The van der Waals surface area contributed by atoms with Gasteiger partial charge in [-0.1, -0.05) is 11.2 Å². The molecule has 0 unspecified atom stereocenters. The maximum absolute atomic E-state index is 9.27. The van der Waals surface area contributed by atoms with E-state index in [1.54, 1.807) is 0 Å². The zero-order valence-corrected chi connectivity index (χ0v) is 11.2. The van der Waals surface area contributed by atoms with Crippen LogP contribution in [0.25, 0.3) is 0 Å². The van der Waals surface area contributed by atoms with Crippen molar-refractivity contribution in [3.8, 4) is 0 Å². The molecule has 0 aliphatic heterocycles. The van der Waals surface area contributed by atoms with Gasteiger partial charge in [0, 0.05) is 23.8 Å². The lowest BCUT2D eigenvalue weighted by atomic mass is 9.90. The van der Waals surface area contributed by atoms with Crippen molar-refractivity contribution < 1.29 is 10.3 Å². The number of aryl methyl sites for hydroxylation is 1. The van der Waals surface area contributed by atoms with E-state index in [-0.39, 0.29) is 12.4 Å². The van der Waals surface area contributed by atoms with Gasteiger partial charge < -0.3 is 20.9 Å². The van der Waals surface area contributed by atoms with E-state index in [4.69, 9.17) is 10.9 Å². The number of rotatable bonds is 5. The molecule has 0 amide bonds. The van der Waals surface area contributed by atoms with Gasteiger partial charge in [0.1, 0.15) is 0 Å². The summed E-state index contributed by atoms with van der Waals surface area (Å²) in [7, 11) is 0. The smallest absolute Gasteiger partial charge is 0.172 e. The molecule has 104 valence electrons. The molecule has 0 aromatic heterocycles. The van der Waals surface area contributed by atoms with Crippen LogP contribution >= 0.6 is 0 Å². The molecule has 1 aliphatic carbocycles. The third-order valence-electron chi connectivity index (χ3n) is 3.70. The van der Waals surface area contributed by atoms with Gasteiger partial charge in [0.15, 0.2) is 5.84 Å². The highest BCUT2D eigenvalue weighted by Gasteiger charge is 2.27. The van der Waals surface area contributed by atoms with Gasteiger partial charge >= 0.3 is 0 Å². The SMILES string of the molecule is Cc1ccc(/C(N)=N/O)c(N(CCO)C2CCC2)c1. The Labute approximate surface area is 113 Å². The number of aliphatic hydroxyl groups excluding tert-OH is 1. The number of amidine groups is 1. The van der Waals surface area contributed by atoms with E-state index in [2.05, 4.69) is 10.1 Å². The van der Waals surface area contributed by atoms with Gasteiger partial charge in [-0.05, 0) is 43.9 Å². The quantitative estimate of drug-likeness (QED) is 0.325. The Kier molecular flexibility index (Phi) is 4.27. The Bertz CT molecular complexity index is 470. The molecule has 0 spiro atoms. The maximum atomic E-state index is 9.27. The number of nitrogens with zero attached hydrogens (tertiary/aromatic N) is 2. The fourth-order valence-electron chi connectivity index (χ4n) is 2.46. The molecule has 19 heavy (non-hydrogen) atoms.